The molecule has 0 aliphatic heterocycles. The predicted molar refractivity (Wildman–Crippen MR) is 91.4 cm³/mol. The van der Waals surface area contributed by atoms with Crippen LogP contribution < -0.4 is 9.47 Å². The normalized spacial score (nSPS) is 11.6. The zero-order valence-electron chi connectivity index (χ0n) is 14.3. The van der Waals surface area contributed by atoms with Gasteiger partial charge in [-0.05, 0) is 23.8 Å². The molecule has 0 atom stereocenters. The van der Waals surface area contributed by atoms with Crippen molar-refractivity contribution in [3.63, 3.8) is 0 Å². The van der Waals surface area contributed by atoms with Crippen LogP contribution in [0.4, 0.5) is 14.5 Å². The van der Waals surface area contributed by atoms with Gasteiger partial charge in [-0.15, -0.1) is 0 Å². The van der Waals surface area contributed by atoms with Crippen LogP contribution in [0.15, 0.2) is 47.4 Å². The lowest BCUT2D eigenvalue weighted by Gasteiger charge is -2.18. The van der Waals surface area contributed by atoms with Gasteiger partial charge in [0.2, 0.25) is 10.0 Å². The van der Waals surface area contributed by atoms with Gasteiger partial charge in [-0.2, -0.15) is 13.1 Å². The van der Waals surface area contributed by atoms with E-state index in [0.29, 0.717) is 5.56 Å². The molecule has 2 rings (SSSR count). The molecule has 2 aromatic rings. The SMILES string of the molecule is COc1cc(CN(C)S(=O)(=O)c2ccccc2[N+](=O)[O-])ccc1OC(F)F. The maximum Gasteiger partial charge on any atom is 0.387 e. The lowest BCUT2D eigenvalue weighted by molar-refractivity contribution is -0.387. The average molecular weight is 402 g/mol. The largest absolute Gasteiger partial charge is 0.493 e. The van der Waals surface area contributed by atoms with E-state index in [0.717, 1.165) is 16.4 Å². The summed E-state index contributed by atoms with van der Waals surface area (Å²) in [6, 6.07) is 8.96. The van der Waals surface area contributed by atoms with Gasteiger partial charge in [0.1, 0.15) is 0 Å². The molecule has 0 saturated heterocycles. The summed E-state index contributed by atoms with van der Waals surface area (Å²) >= 11 is 0. The summed E-state index contributed by atoms with van der Waals surface area (Å²) < 4.78 is 60.3. The standard InChI is InChI=1S/C16H16F2N2O6S/c1-19(27(23,24)15-6-4-3-5-12(15)20(21)22)10-11-7-8-13(26-16(17)18)14(9-11)25-2/h3-9,16H,10H2,1-2H3. The number of nitro groups is 1. The first kappa shape index (κ1) is 20.5. The number of rotatable bonds is 8. The molecule has 0 fully saturated rings. The first-order chi connectivity index (χ1) is 12.7. The van der Waals surface area contributed by atoms with E-state index in [1.54, 1.807) is 0 Å². The fraction of sp³-hybridized carbons (Fsp3) is 0.250. The quantitative estimate of drug-likeness (QED) is 0.497. The highest BCUT2D eigenvalue weighted by Gasteiger charge is 2.29. The summed E-state index contributed by atoms with van der Waals surface area (Å²) in [6.07, 6.45) is 0. The van der Waals surface area contributed by atoms with Crippen molar-refractivity contribution in [2.45, 2.75) is 18.1 Å². The fourth-order valence-electron chi connectivity index (χ4n) is 2.34. The minimum Gasteiger partial charge on any atom is -0.493 e. The van der Waals surface area contributed by atoms with Crippen LogP contribution in [0.3, 0.4) is 0 Å². The van der Waals surface area contributed by atoms with E-state index in [4.69, 9.17) is 4.74 Å². The highest BCUT2D eigenvalue weighted by molar-refractivity contribution is 7.89. The molecule has 11 heteroatoms. The minimum atomic E-state index is -4.16. The molecule has 0 aromatic heterocycles. The number of ether oxygens (including phenoxy) is 2. The Kier molecular flexibility index (Phi) is 6.28. The molecular formula is C16H16F2N2O6S. The average Bonchev–Trinajstić information content (AvgIpc) is 2.62. The molecule has 0 N–H and O–H groups in total. The van der Waals surface area contributed by atoms with Crippen LogP contribution in [0, 0.1) is 10.1 Å². The topological polar surface area (TPSA) is 99.0 Å². The summed E-state index contributed by atoms with van der Waals surface area (Å²) in [5.41, 5.74) is -0.124. The Labute approximate surface area is 154 Å². The second-order valence-electron chi connectivity index (χ2n) is 5.35. The number of nitrogens with zero attached hydrogens (tertiary/aromatic N) is 2. The van der Waals surface area contributed by atoms with Crippen LogP contribution in [0.1, 0.15) is 5.56 Å². The molecule has 0 aliphatic rings. The first-order valence-electron chi connectivity index (χ1n) is 7.48. The van der Waals surface area contributed by atoms with Crippen molar-refractivity contribution in [1.29, 1.82) is 0 Å². The monoisotopic (exact) mass is 402 g/mol. The van der Waals surface area contributed by atoms with E-state index >= 15 is 0 Å². The van der Waals surface area contributed by atoms with Crippen LogP contribution in [0.5, 0.6) is 11.5 Å². The maximum absolute atomic E-state index is 12.7. The molecule has 0 radical (unpaired) electrons. The minimum absolute atomic E-state index is 0.00397. The number of hydrogen-bond donors (Lipinski definition) is 0. The summed E-state index contributed by atoms with van der Waals surface area (Å²) in [7, 11) is -1.65. The third-order valence-electron chi connectivity index (χ3n) is 3.60. The van der Waals surface area contributed by atoms with Crippen molar-refractivity contribution in [1.82, 2.24) is 4.31 Å². The number of nitro benzene ring substituents is 1. The van der Waals surface area contributed by atoms with Crippen LogP contribution in [0.25, 0.3) is 0 Å². The van der Waals surface area contributed by atoms with Crippen molar-refractivity contribution in [3.8, 4) is 11.5 Å². The third-order valence-corrected chi connectivity index (χ3v) is 5.45. The second kappa shape index (κ2) is 8.27. The number of methoxy groups -OCH3 is 1. The highest BCUT2D eigenvalue weighted by atomic mass is 32.2. The van der Waals surface area contributed by atoms with E-state index in [-0.39, 0.29) is 18.0 Å². The summed E-state index contributed by atoms with van der Waals surface area (Å²) in [5.74, 6) is -0.190. The van der Waals surface area contributed by atoms with Gasteiger partial charge < -0.3 is 9.47 Å². The predicted octanol–water partition coefficient (Wildman–Crippen LogP) is 3.03. The van der Waals surface area contributed by atoms with E-state index in [9.17, 15) is 27.3 Å². The first-order valence-corrected chi connectivity index (χ1v) is 8.92. The zero-order chi connectivity index (χ0) is 20.2. The van der Waals surface area contributed by atoms with Gasteiger partial charge in [-0.25, -0.2) is 8.42 Å². The molecule has 0 spiro atoms. The lowest BCUT2D eigenvalue weighted by Crippen LogP contribution is -2.27. The lowest BCUT2D eigenvalue weighted by atomic mass is 10.2. The molecule has 8 nitrogen and oxygen atoms in total. The Hall–Kier alpha value is -2.79. The van der Waals surface area contributed by atoms with E-state index in [2.05, 4.69) is 4.74 Å². The number of benzene rings is 2. The molecule has 0 bridgehead atoms. The van der Waals surface area contributed by atoms with Crippen LogP contribution in [0.2, 0.25) is 0 Å². The summed E-state index contributed by atoms with van der Waals surface area (Å²) in [4.78, 5) is 9.87. The van der Waals surface area contributed by atoms with Crippen molar-refractivity contribution in [2.75, 3.05) is 14.2 Å². The zero-order valence-corrected chi connectivity index (χ0v) is 15.2. The Morgan fingerprint density at radius 1 is 1.19 bits per heavy atom. The number of hydrogen-bond acceptors (Lipinski definition) is 6. The molecule has 27 heavy (non-hydrogen) atoms. The van der Waals surface area contributed by atoms with Gasteiger partial charge >= 0.3 is 6.61 Å². The van der Waals surface area contributed by atoms with E-state index in [1.165, 1.54) is 44.5 Å². The van der Waals surface area contributed by atoms with Gasteiger partial charge in [-0.3, -0.25) is 10.1 Å². The van der Waals surface area contributed by atoms with Crippen molar-refractivity contribution >= 4 is 15.7 Å². The third kappa shape index (κ3) is 4.68. The molecule has 146 valence electrons. The molecule has 0 aliphatic carbocycles. The van der Waals surface area contributed by atoms with Gasteiger partial charge in [0.15, 0.2) is 16.4 Å². The second-order valence-corrected chi connectivity index (χ2v) is 7.36. The van der Waals surface area contributed by atoms with Crippen molar-refractivity contribution in [3.05, 3.63) is 58.1 Å². The number of alkyl halides is 2. The van der Waals surface area contributed by atoms with E-state index < -0.39 is 32.1 Å². The molecule has 0 unspecified atom stereocenters. The van der Waals surface area contributed by atoms with Crippen molar-refractivity contribution in [2.24, 2.45) is 0 Å². The Morgan fingerprint density at radius 3 is 2.44 bits per heavy atom. The summed E-state index contributed by atoms with van der Waals surface area (Å²) in [5, 5.41) is 11.1. The number of sulfonamides is 1. The smallest absolute Gasteiger partial charge is 0.387 e. The Balaban J connectivity index is 2.31. The Bertz CT molecular complexity index is 936. The van der Waals surface area contributed by atoms with Gasteiger partial charge in [-0.1, -0.05) is 18.2 Å². The maximum atomic E-state index is 12.7. The highest BCUT2D eigenvalue weighted by Crippen LogP contribution is 2.31. The molecule has 0 heterocycles. The van der Waals surface area contributed by atoms with E-state index in [1.807, 2.05) is 0 Å². The Morgan fingerprint density at radius 2 is 1.85 bits per heavy atom. The molecule has 2 aromatic carbocycles. The fourth-order valence-corrected chi connectivity index (χ4v) is 3.65. The van der Waals surface area contributed by atoms with Gasteiger partial charge in [0.25, 0.3) is 5.69 Å². The number of para-hydroxylation sites is 1. The number of halogens is 2. The molecule has 0 amide bonds. The van der Waals surface area contributed by atoms with Crippen LogP contribution >= 0.6 is 0 Å². The molecular weight excluding hydrogens is 386 g/mol. The van der Waals surface area contributed by atoms with Gasteiger partial charge in [0.05, 0.1) is 12.0 Å². The van der Waals surface area contributed by atoms with Crippen LogP contribution in [-0.2, 0) is 16.6 Å². The van der Waals surface area contributed by atoms with Crippen LogP contribution in [-0.4, -0.2) is 38.4 Å². The van der Waals surface area contributed by atoms with Crippen molar-refractivity contribution < 1.29 is 31.6 Å². The molecule has 0 saturated carbocycles. The summed E-state index contributed by atoms with van der Waals surface area (Å²) in [6.45, 7) is -3.20. The van der Waals surface area contributed by atoms with Gasteiger partial charge in [0, 0.05) is 19.7 Å².